The van der Waals surface area contributed by atoms with E-state index in [1.165, 1.54) is 0 Å². The molecule has 0 aliphatic heterocycles. The van der Waals surface area contributed by atoms with Crippen LogP contribution in [0.3, 0.4) is 0 Å². The lowest BCUT2D eigenvalue weighted by molar-refractivity contribution is -0.119. The van der Waals surface area contributed by atoms with Crippen molar-refractivity contribution in [3.05, 3.63) is 35.9 Å². The molecule has 0 fully saturated rings. The molecule has 1 unspecified atom stereocenters. The molecule has 0 saturated carbocycles. The fourth-order valence-electron chi connectivity index (χ4n) is 1.98. The number of amides is 2. The van der Waals surface area contributed by atoms with Crippen LogP contribution in [0.15, 0.2) is 30.3 Å². The molecule has 0 aliphatic carbocycles. The second-order valence-corrected chi connectivity index (χ2v) is 5.16. The summed E-state index contributed by atoms with van der Waals surface area (Å²) in [7, 11) is 0. The van der Waals surface area contributed by atoms with Crippen molar-refractivity contribution in [1.29, 1.82) is 0 Å². The molecule has 0 heterocycles. The number of aliphatic hydroxyl groups is 1. The van der Waals surface area contributed by atoms with Crippen LogP contribution in [-0.2, 0) is 16.1 Å². The zero-order chi connectivity index (χ0) is 16.2. The molecule has 0 aliphatic rings. The highest BCUT2D eigenvalue weighted by Gasteiger charge is 2.07. The lowest BCUT2D eigenvalue weighted by atomic mass is 10.1. The number of alkyl carbamates (subject to hydrolysis) is 1. The van der Waals surface area contributed by atoms with Crippen LogP contribution in [-0.4, -0.2) is 29.8 Å². The molecule has 0 radical (unpaired) electrons. The maximum atomic E-state index is 11.5. The van der Waals surface area contributed by atoms with Crippen molar-refractivity contribution in [1.82, 2.24) is 5.32 Å². The standard InChI is InChI=1S/C16H24N2O4/c17-15(20)11-14(19)9-5-2-6-10-18-16(21)22-12-13-7-3-1-4-8-13/h1,3-4,7-8,14,19H,2,5-6,9-12H2,(H2,17,20)(H,18,21). The third-order valence-corrected chi connectivity index (χ3v) is 3.13. The molecule has 2 amide bonds. The van der Waals surface area contributed by atoms with Gasteiger partial charge in [-0.15, -0.1) is 0 Å². The van der Waals surface area contributed by atoms with Gasteiger partial charge in [0.2, 0.25) is 5.91 Å². The third kappa shape index (κ3) is 8.97. The molecule has 1 atom stereocenters. The largest absolute Gasteiger partial charge is 0.445 e. The van der Waals surface area contributed by atoms with E-state index in [1.807, 2.05) is 30.3 Å². The molecular weight excluding hydrogens is 284 g/mol. The van der Waals surface area contributed by atoms with Gasteiger partial charge in [-0.05, 0) is 18.4 Å². The van der Waals surface area contributed by atoms with Crippen LogP contribution in [0.4, 0.5) is 4.79 Å². The van der Waals surface area contributed by atoms with Crippen LogP contribution in [0.2, 0.25) is 0 Å². The Hall–Kier alpha value is -2.08. The lowest BCUT2D eigenvalue weighted by Crippen LogP contribution is -2.25. The van der Waals surface area contributed by atoms with E-state index in [4.69, 9.17) is 10.5 Å². The van der Waals surface area contributed by atoms with E-state index < -0.39 is 18.1 Å². The fourth-order valence-corrected chi connectivity index (χ4v) is 1.98. The maximum Gasteiger partial charge on any atom is 0.407 e. The predicted octanol–water partition coefficient (Wildman–Crippen LogP) is 1.71. The minimum Gasteiger partial charge on any atom is -0.445 e. The van der Waals surface area contributed by atoms with Crippen molar-refractivity contribution in [2.75, 3.05) is 6.54 Å². The van der Waals surface area contributed by atoms with Gasteiger partial charge in [0.25, 0.3) is 0 Å². The Kier molecular flexibility index (Phi) is 8.67. The SMILES string of the molecule is NC(=O)CC(O)CCCCCNC(=O)OCc1ccccc1. The van der Waals surface area contributed by atoms with Crippen LogP contribution in [0.5, 0.6) is 0 Å². The number of ether oxygens (including phenoxy) is 1. The number of nitrogens with one attached hydrogen (secondary N) is 1. The van der Waals surface area contributed by atoms with Crippen LogP contribution >= 0.6 is 0 Å². The van der Waals surface area contributed by atoms with Crippen molar-refractivity contribution in [2.45, 2.75) is 44.8 Å². The van der Waals surface area contributed by atoms with Gasteiger partial charge in [0, 0.05) is 6.54 Å². The van der Waals surface area contributed by atoms with Gasteiger partial charge < -0.3 is 20.9 Å². The molecule has 0 aromatic heterocycles. The van der Waals surface area contributed by atoms with Gasteiger partial charge >= 0.3 is 6.09 Å². The number of rotatable bonds is 10. The van der Waals surface area contributed by atoms with Gasteiger partial charge in [-0.25, -0.2) is 4.79 Å². The number of carbonyl (C=O) groups is 2. The minimum atomic E-state index is -0.665. The monoisotopic (exact) mass is 308 g/mol. The van der Waals surface area contributed by atoms with Gasteiger partial charge in [-0.3, -0.25) is 4.79 Å². The molecule has 0 bridgehead atoms. The lowest BCUT2D eigenvalue weighted by Gasteiger charge is -2.09. The Labute approximate surface area is 130 Å². The number of hydrogen-bond donors (Lipinski definition) is 3. The smallest absolute Gasteiger partial charge is 0.407 e. The van der Waals surface area contributed by atoms with Crippen LogP contribution in [0.1, 0.15) is 37.7 Å². The molecule has 4 N–H and O–H groups in total. The zero-order valence-corrected chi connectivity index (χ0v) is 12.7. The predicted molar refractivity (Wildman–Crippen MR) is 82.9 cm³/mol. The number of nitrogens with two attached hydrogens (primary N) is 1. The van der Waals surface area contributed by atoms with Gasteiger partial charge in [0.05, 0.1) is 12.5 Å². The van der Waals surface area contributed by atoms with E-state index >= 15 is 0 Å². The molecule has 0 spiro atoms. The summed E-state index contributed by atoms with van der Waals surface area (Å²) >= 11 is 0. The maximum absolute atomic E-state index is 11.5. The summed E-state index contributed by atoms with van der Waals surface area (Å²) in [5.74, 6) is -0.490. The number of unbranched alkanes of at least 4 members (excludes halogenated alkanes) is 2. The first-order valence-corrected chi connectivity index (χ1v) is 7.49. The summed E-state index contributed by atoms with van der Waals surface area (Å²) in [6.45, 7) is 0.783. The topological polar surface area (TPSA) is 102 Å². The normalized spacial score (nSPS) is 11.7. The molecule has 6 nitrogen and oxygen atoms in total. The van der Waals surface area contributed by atoms with Gasteiger partial charge in [-0.1, -0.05) is 43.2 Å². The van der Waals surface area contributed by atoms with E-state index in [1.54, 1.807) is 0 Å². The molecule has 22 heavy (non-hydrogen) atoms. The number of aliphatic hydroxyl groups excluding tert-OH is 1. The summed E-state index contributed by atoms with van der Waals surface area (Å²) in [5, 5.41) is 12.1. The van der Waals surface area contributed by atoms with E-state index in [2.05, 4.69) is 5.32 Å². The van der Waals surface area contributed by atoms with E-state index in [9.17, 15) is 14.7 Å². The Balaban J connectivity index is 1.98. The van der Waals surface area contributed by atoms with Crippen molar-refractivity contribution < 1.29 is 19.4 Å². The first-order valence-electron chi connectivity index (χ1n) is 7.49. The highest BCUT2D eigenvalue weighted by molar-refractivity contribution is 5.74. The van der Waals surface area contributed by atoms with Gasteiger partial charge in [0.1, 0.15) is 6.61 Å². The third-order valence-electron chi connectivity index (χ3n) is 3.13. The summed E-state index contributed by atoms with van der Waals surface area (Å²) in [6.07, 6.45) is 1.89. The van der Waals surface area contributed by atoms with Gasteiger partial charge in [-0.2, -0.15) is 0 Å². The quantitative estimate of drug-likeness (QED) is 0.573. The van der Waals surface area contributed by atoms with Crippen LogP contribution < -0.4 is 11.1 Å². The van der Waals surface area contributed by atoms with E-state index in [-0.39, 0.29) is 13.0 Å². The molecule has 1 aromatic carbocycles. The van der Waals surface area contributed by atoms with Crippen molar-refractivity contribution >= 4 is 12.0 Å². The molecule has 1 aromatic rings. The van der Waals surface area contributed by atoms with Crippen molar-refractivity contribution in [3.8, 4) is 0 Å². The van der Waals surface area contributed by atoms with E-state index in [0.29, 0.717) is 13.0 Å². The molecule has 6 heteroatoms. The van der Waals surface area contributed by atoms with E-state index in [0.717, 1.165) is 24.8 Å². The van der Waals surface area contributed by atoms with Crippen LogP contribution in [0.25, 0.3) is 0 Å². The highest BCUT2D eigenvalue weighted by atomic mass is 16.5. The molecule has 1 rings (SSSR count). The second-order valence-electron chi connectivity index (χ2n) is 5.16. The summed E-state index contributed by atoms with van der Waals surface area (Å²) in [5.41, 5.74) is 5.93. The Morgan fingerprint density at radius 3 is 2.59 bits per heavy atom. The Bertz CT molecular complexity index is 451. The second kappa shape index (κ2) is 10.6. The molecule has 122 valence electrons. The molecular formula is C16H24N2O4. The van der Waals surface area contributed by atoms with Crippen LogP contribution in [0, 0.1) is 0 Å². The average Bonchev–Trinajstić information content (AvgIpc) is 2.49. The zero-order valence-electron chi connectivity index (χ0n) is 12.7. The first kappa shape index (κ1) is 18.0. The first-order chi connectivity index (χ1) is 10.6. The van der Waals surface area contributed by atoms with Gasteiger partial charge in [0.15, 0.2) is 0 Å². The Morgan fingerprint density at radius 1 is 1.18 bits per heavy atom. The van der Waals surface area contributed by atoms with Crippen molar-refractivity contribution in [3.63, 3.8) is 0 Å². The minimum absolute atomic E-state index is 0.00403. The number of hydrogen-bond acceptors (Lipinski definition) is 4. The summed E-state index contributed by atoms with van der Waals surface area (Å²) < 4.78 is 5.08. The molecule has 0 saturated heterocycles. The highest BCUT2D eigenvalue weighted by Crippen LogP contribution is 2.06. The summed E-state index contributed by atoms with van der Waals surface area (Å²) in [6, 6.07) is 9.48. The summed E-state index contributed by atoms with van der Waals surface area (Å²) in [4.78, 5) is 22.0. The number of benzene rings is 1. The Morgan fingerprint density at radius 2 is 1.91 bits per heavy atom. The number of carbonyl (C=O) groups excluding carboxylic acids is 2. The van der Waals surface area contributed by atoms with Crippen molar-refractivity contribution in [2.24, 2.45) is 5.73 Å². The fraction of sp³-hybridized carbons (Fsp3) is 0.500. The number of primary amides is 1. The average molecular weight is 308 g/mol.